The smallest absolute Gasteiger partial charge is 0.335 e. The Hall–Kier alpha value is -2.66. The normalized spacial score (nSPS) is 10.7. The molecule has 6 heteroatoms. The average molecular weight is 328 g/mol. The van der Waals surface area contributed by atoms with E-state index in [2.05, 4.69) is 15.0 Å². The van der Waals surface area contributed by atoms with Crippen molar-refractivity contribution in [1.82, 2.24) is 15.0 Å². The highest BCUT2D eigenvalue weighted by Crippen LogP contribution is 2.17. The van der Waals surface area contributed by atoms with Crippen LogP contribution in [-0.4, -0.2) is 26.0 Å². The summed E-state index contributed by atoms with van der Waals surface area (Å²) in [6.45, 7) is 0. The van der Waals surface area contributed by atoms with Crippen molar-refractivity contribution < 1.29 is 9.90 Å². The Kier molecular flexibility index (Phi) is 4.39. The molecule has 0 saturated heterocycles. The Morgan fingerprint density at radius 2 is 2.04 bits per heavy atom. The average Bonchev–Trinajstić information content (AvgIpc) is 3.02. The minimum atomic E-state index is -0.977. The van der Waals surface area contributed by atoms with Crippen LogP contribution in [0.4, 0.5) is 0 Å². The molecule has 116 valence electrons. The lowest BCUT2D eigenvalue weighted by Gasteiger charge is -2.01. The van der Waals surface area contributed by atoms with Gasteiger partial charge in [-0.05, 0) is 36.2 Å². The molecule has 23 heavy (non-hydrogen) atoms. The van der Waals surface area contributed by atoms with E-state index in [1.165, 1.54) is 18.3 Å². The van der Waals surface area contributed by atoms with Crippen molar-refractivity contribution in [1.29, 1.82) is 0 Å². The van der Waals surface area contributed by atoms with Crippen molar-refractivity contribution in [2.45, 2.75) is 12.8 Å². The van der Waals surface area contributed by atoms with E-state index in [0.717, 1.165) is 29.3 Å². The van der Waals surface area contributed by atoms with E-state index in [1.807, 2.05) is 24.3 Å². The maximum Gasteiger partial charge on any atom is 0.335 e. The van der Waals surface area contributed by atoms with E-state index < -0.39 is 5.97 Å². The SMILES string of the molecule is O=C(O)c1ccnc(-c2cnc(CCc3cccc(Cl)c3)[nH]2)c1. The summed E-state index contributed by atoms with van der Waals surface area (Å²) in [4.78, 5) is 22.7. The number of nitrogens with zero attached hydrogens (tertiary/aromatic N) is 2. The molecular formula is C17H14ClN3O2. The van der Waals surface area contributed by atoms with Crippen LogP contribution in [0.1, 0.15) is 21.7 Å². The van der Waals surface area contributed by atoms with Crippen LogP contribution >= 0.6 is 11.6 Å². The maximum atomic E-state index is 11.0. The van der Waals surface area contributed by atoms with Crippen molar-refractivity contribution in [2.75, 3.05) is 0 Å². The van der Waals surface area contributed by atoms with Gasteiger partial charge in [0.25, 0.3) is 0 Å². The molecule has 3 rings (SSSR count). The first-order valence-corrected chi connectivity index (χ1v) is 7.47. The number of carbonyl (C=O) groups is 1. The fraction of sp³-hybridized carbons (Fsp3) is 0.118. The number of carboxylic acid groups (broad SMARTS) is 1. The largest absolute Gasteiger partial charge is 0.478 e. The van der Waals surface area contributed by atoms with Crippen molar-refractivity contribution in [3.8, 4) is 11.4 Å². The maximum absolute atomic E-state index is 11.0. The lowest BCUT2D eigenvalue weighted by Crippen LogP contribution is -1.97. The van der Waals surface area contributed by atoms with Gasteiger partial charge in [-0.15, -0.1) is 0 Å². The number of rotatable bonds is 5. The van der Waals surface area contributed by atoms with Gasteiger partial charge in [-0.1, -0.05) is 23.7 Å². The molecule has 0 bridgehead atoms. The topological polar surface area (TPSA) is 78.9 Å². The molecule has 0 saturated carbocycles. The Morgan fingerprint density at radius 1 is 1.17 bits per heavy atom. The van der Waals surface area contributed by atoms with Crippen LogP contribution in [0.2, 0.25) is 5.02 Å². The molecular weight excluding hydrogens is 314 g/mol. The van der Waals surface area contributed by atoms with Gasteiger partial charge in [-0.2, -0.15) is 0 Å². The second-order valence-electron chi connectivity index (χ2n) is 5.11. The van der Waals surface area contributed by atoms with Crippen LogP contribution in [0.3, 0.4) is 0 Å². The van der Waals surface area contributed by atoms with Crippen LogP contribution in [0.5, 0.6) is 0 Å². The molecule has 2 aromatic heterocycles. The number of aromatic amines is 1. The third kappa shape index (κ3) is 3.76. The number of hydrogen-bond acceptors (Lipinski definition) is 3. The van der Waals surface area contributed by atoms with E-state index in [4.69, 9.17) is 16.7 Å². The van der Waals surface area contributed by atoms with Gasteiger partial charge in [0.15, 0.2) is 0 Å². The Labute approximate surface area is 138 Å². The van der Waals surface area contributed by atoms with Gasteiger partial charge in [-0.3, -0.25) is 4.98 Å². The number of aryl methyl sites for hydroxylation is 2. The number of halogens is 1. The summed E-state index contributed by atoms with van der Waals surface area (Å²) in [6, 6.07) is 10.7. The fourth-order valence-corrected chi connectivity index (χ4v) is 2.50. The van der Waals surface area contributed by atoms with E-state index >= 15 is 0 Å². The molecule has 0 fully saturated rings. The van der Waals surface area contributed by atoms with E-state index in [0.29, 0.717) is 11.4 Å². The predicted molar refractivity (Wildman–Crippen MR) is 87.6 cm³/mol. The molecule has 5 nitrogen and oxygen atoms in total. The molecule has 0 amide bonds. The Balaban J connectivity index is 1.73. The highest BCUT2D eigenvalue weighted by Gasteiger charge is 2.09. The first-order valence-electron chi connectivity index (χ1n) is 7.10. The molecule has 0 aliphatic rings. The third-order valence-electron chi connectivity index (χ3n) is 3.45. The number of aromatic carboxylic acids is 1. The number of nitrogens with one attached hydrogen (secondary N) is 1. The minimum absolute atomic E-state index is 0.199. The number of benzene rings is 1. The highest BCUT2D eigenvalue weighted by atomic mass is 35.5. The monoisotopic (exact) mass is 327 g/mol. The summed E-state index contributed by atoms with van der Waals surface area (Å²) >= 11 is 5.97. The number of imidazole rings is 1. The number of H-pyrrole nitrogens is 1. The fourth-order valence-electron chi connectivity index (χ4n) is 2.29. The standard InChI is InChI=1S/C17H14ClN3O2/c18-13-3-1-2-11(8-13)4-5-16-20-10-15(21-16)14-9-12(17(22)23)6-7-19-14/h1-3,6-10H,4-5H2,(H,20,21)(H,22,23). The molecule has 2 N–H and O–H groups in total. The van der Waals surface area contributed by atoms with Crippen LogP contribution in [0.15, 0.2) is 48.8 Å². The van der Waals surface area contributed by atoms with Gasteiger partial charge in [0.05, 0.1) is 23.1 Å². The molecule has 2 heterocycles. The molecule has 0 aliphatic carbocycles. The van der Waals surface area contributed by atoms with Gasteiger partial charge < -0.3 is 10.1 Å². The van der Waals surface area contributed by atoms with Gasteiger partial charge in [0.2, 0.25) is 0 Å². The lowest BCUT2D eigenvalue weighted by atomic mass is 10.1. The zero-order chi connectivity index (χ0) is 16.2. The summed E-state index contributed by atoms with van der Waals surface area (Å²) < 4.78 is 0. The molecule has 0 radical (unpaired) electrons. The number of aromatic nitrogens is 3. The lowest BCUT2D eigenvalue weighted by molar-refractivity contribution is 0.0697. The van der Waals surface area contributed by atoms with Crippen molar-refractivity contribution in [3.05, 3.63) is 70.8 Å². The van der Waals surface area contributed by atoms with Gasteiger partial charge >= 0.3 is 5.97 Å². The van der Waals surface area contributed by atoms with Gasteiger partial charge in [0.1, 0.15) is 5.82 Å². The van der Waals surface area contributed by atoms with Crippen molar-refractivity contribution in [2.24, 2.45) is 0 Å². The summed E-state index contributed by atoms with van der Waals surface area (Å²) in [5.74, 6) is -0.156. The number of carboxylic acids is 1. The summed E-state index contributed by atoms with van der Waals surface area (Å²) in [6.07, 6.45) is 4.70. The summed E-state index contributed by atoms with van der Waals surface area (Å²) in [5.41, 5.74) is 2.60. The molecule has 0 aliphatic heterocycles. The van der Waals surface area contributed by atoms with Gasteiger partial charge in [0, 0.05) is 17.6 Å². The van der Waals surface area contributed by atoms with Crippen LogP contribution in [0, 0.1) is 0 Å². The summed E-state index contributed by atoms with van der Waals surface area (Å²) in [7, 11) is 0. The summed E-state index contributed by atoms with van der Waals surface area (Å²) in [5, 5.41) is 9.75. The second-order valence-corrected chi connectivity index (χ2v) is 5.54. The minimum Gasteiger partial charge on any atom is -0.478 e. The third-order valence-corrected chi connectivity index (χ3v) is 3.69. The van der Waals surface area contributed by atoms with Crippen LogP contribution in [-0.2, 0) is 12.8 Å². The zero-order valence-corrected chi connectivity index (χ0v) is 12.9. The van der Waals surface area contributed by atoms with Crippen molar-refractivity contribution >= 4 is 17.6 Å². The van der Waals surface area contributed by atoms with E-state index in [-0.39, 0.29) is 5.56 Å². The van der Waals surface area contributed by atoms with E-state index in [1.54, 1.807) is 6.20 Å². The van der Waals surface area contributed by atoms with Crippen LogP contribution < -0.4 is 0 Å². The number of hydrogen-bond donors (Lipinski definition) is 2. The molecule has 3 aromatic rings. The predicted octanol–water partition coefficient (Wildman–Crippen LogP) is 3.61. The van der Waals surface area contributed by atoms with E-state index in [9.17, 15) is 4.79 Å². The second kappa shape index (κ2) is 6.62. The number of pyridine rings is 1. The Morgan fingerprint density at radius 3 is 2.83 bits per heavy atom. The molecule has 0 spiro atoms. The quantitative estimate of drug-likeness (QED) is 0.750. The molecule has 0 unspecified atom stereocenters. The van der Waals surface area contributed by atoms with Crippen LogP contribution in [0.25, 0.3) is 11.4 Å². The molecule has 1 aromatic carbocycles. The Bertz CT molecular complexity index is 845. The van der Waals surface area contributed by atoms with Crippen molar-refractivity contribution in [3.63, 3.8) is 0 Å². The van der Waals surface area contributed by atoms with Gasteiger partial charge in [-0.25, -0.2) is 9.78 Å². The molecule has 0 atom stereocenters. The zero-order valence-electron chi connectivity index (χ0n) is 12.2. The first-order chi connectivity index (χ1) is 11.1. The first kappa shape index (κ1) is 15.2. The highest BCUT2D eigenvalue weighted by molar-refractivity contribution is 6.30.